The van der Waals surface area contributed by atoms with Crippen LogP contribution in [0.5, 0.6) is 0 Å². The van der Waals surface area contributed by atoms with E-state index in [-0.39, 0.29) is 23.9 Å². The first-order valence-corrected chi connectivity index (χ1v) is 13.2. The Kier molecular flexibility index (Phi) is 5.89. The highest BCUT2D eigenvalue weighted by molar-refractivity contribution is 5.90. The number of nitrogens with zero attached hydrogens (tertiary/aromatic N) is 1. The Morgan fingerprint density at radius 3 is 2.74 bits per heavy atom. The zero-order chi connectivity index (χ0) is 24.5. The van der Waals surface area contributed by atoms with Crippen LogP contribution in [0.3, 0.4) is 0 Å². The molecule has 4 bridgehead atoms. The molecule has 188 valence electrons. The van der Waals surface area contributed by atoms with E-state index in [0.29, 0.717) is 31.4 Å². The molecule has 6 heteroatoms. The summed E-state index contributed by atoms with van der Waals surface area (Å²) in [4.78, 5) is 28.8. The van der Waals surface area contributed by atoms with Crippen LogP contribution in [0, 0.1) is 45.8 Å². The van der Waals surface area contributed by atoms with E-state index in [2.05, 4.69) is 38.3 Å². The van der Waals surface area contributed by atoms with Gasteiger partial charge in [-0.15, -0.1) is 6.58 Å². The summed E-state index contributed by atoms with van der Waals surface area (Å²) in [5, 5.41) is 11.0. The van der Waals surface area contributed by atoms with E-state index in [1.807, 2.05) is 13.0 Å². The van der Waals surface area contributed by atoms with Gasteiger partial charge in [0.1, 0.15) is 11.7 Å². The van der Waals surface area contributed by atoms with E-state index in [0.717, 1.165) is 44.2 Å². The minimum Gasteiger partial charge on any atom is -0.481 e. The Balaban J connectivity index is 1.55. The van der Waals surface area contributed by atoms with Crippen LogP contribution >= 0.6 is 0 Å². The number of carbonyl (C=O) groups is 2. The number of aliphatic carboxylic acids is 1. The van der Waals surface area contributed by atoms with Crippen LogP contribution < -0.4 is 0 Å². The number of hydrogen-bond acceptors (Lipinski definition) is 5. The van der Waals surface area contributed by atoms with Crippen molar-refractivity contribution in [3.8, 4) is 0 Å². The first kappa shape index (κ1) is 24.2. The summed E-state index contributed by atoms with van der Waals surface area (Å²) in [6, 6.07) is 0. The van der Waals surface area contributed by atoms with E-state index >= 15 is 0 Å². The zero-order valence-corrected chi connectivity index (χ0v) is 21.2. The Hall–Kier alpha value is -1.50. The van der Waals surface area contributed by atoms with Crippen LogP contribution in [-0.2, 0) is 19.1 Å². The van der Waals surface area contributed by atoms with Crippen molar-refractivity contribution >= 4 is 12.3 Å². The van der Waals surface area contributed by atoms with Gasteiger partial charge in [-0.05, 0) is 55.8 Å². The summed E-state index contributed by atoms with van der Waals surface area (Å²) in [5.41, 5.74) is -1.68. The number of ether oxygens (including phenoxy) is 2. The van der Waals surface area contributed by atoms with E-state index in [1.165, 1.54) is 0 Å². The van der Waals surface area contributed by atoms with Crippen LogP contribution in [0.2, 0.25) is 0 Å². The number of hydrogen-bond donors (Lipinski definition) is 1. The van der Waals surface area contributed by atoms with E-state index < -0.39 is 28.5 Å². The molecule has 1 aliphatic heterocycles. The second-order valence-electron chi connectivity index (χ2n) is 12.2. The fraction of sp³-hybridized carbons (Fsp3) is 0.786. The van der Waals surface area contributed by atoms with Gasteiger partial charge in [-0.1, -0.05) is 44.9 Å². The van der Waals surface area contributed by atoms with Crippen molar-refractivity contribution in [2.75, 3.05) is 26.2 Å². The van der Waals surface area contributed by atoms with Crippen molar-refractivity contribution in [2.24, 2.45) is 45.8 Å². The Bertz CT molecular complexity index is 899. The molecule has 1 saturated heterocycles. The smallest absolute Gasteiger partial charge is 0.315 e. The molecule has 0 aromatic heterocycles. The number of carboxylic acids is 1. The molecule has 6 nitrogen and oxygen atoms in total. The lowest BCUT2D eigenvalue weighted by atomic mass is 9.43. The van der Waals surface area contributed by atoms with Crippen LogP contribution in [0.15, 0.2) is 24.3 Å². The van der Waals surface area contributed by atoms with Gasteiger partial charge in [0, 0.05) is 25.0 Å². The molecule has 0 spiro atoms. The fourth-order valence-electron chi connectivity index (χ4n) is 9.29. The number of morpholine rings is 1. The average Bonchev–Trinajstić information content (AvgIpc) is 3.35. The van der Waals surface area contributed by atoms with Crippen molar-refractivity contribution in [1.29, 1.82) is 0 Å². The van der Waals surface area contributed by atoms with Crippen LogP contribution in [-0.4, -0.2) is 60.9 Å². The predicted octanol–water partition coefficient (Wildman–Crippen LogP) is 4.16. The topological polar surface area (TPSA) is 76.1 Å². The zero-order valence-electron chi connectivity index (χ0n) is 21.2. The fourth-order valence-corrected chi connectivity index (χ4v) is 9.29. The van der Waals surface area contributed by atoms with Crippen molar-refractivity contribution in [3.63, 3.8) is 0 Å². The van der Waals surface area contributed by atoms with Gasteiger partial charge in [0.25, 0.3) is 0 Å². The second-order valence-corrected chi connectivity index (χ2v) is 12.2. The van der Waals surface area contributed by atoms with Crippen molar-refractivity contribution < 1.29 is 24.2 Å². The van der Waals surface area contributed by atoms with Crippen molar-refractivity contribution in [3.05, 3.63) is 24.3 Å². The molecular weight excluding hydrogens is 430 g/mol. The highest BCUT2D eigenvalue weighted by Gasteiger charge is 2.84. The third-order valence-electron chi connectivity index (χ3n) is 10.3. The highest BCUT2D eigenvalue weighted by Crippen LogP contribution is 2.82. The van der Waals surface area contributed by atoms with Gasteiger partial charge in [0.05, 0.1) is 18.1 Å². The Morgan fingerprint density at radius 1 is 1.32 bits per heavy atom. The summed E-state index contributed by atoms with van der Waals surface area (Å²) in [5.74, 6) is 0.315. The minimum absolute atomic E-state index is 0.0361. The number of fused-ring (bicyclic) bond motifs is 2. The molecule has 4 fully saturated rings. The summed E-state index contributed by atoms with van der Waals surface area (Å²) < 4.78 is 12.7. The normalized spacial score (nSPS) is 47.5. The number of rotatable bonds is 8. The molecule has 1 heterocycles. The molecule has 0 radical (unpaired) electrons. The number of aldehydes is 1. The highest BCUT2D eigenvalue weighted by atomic mass is 16.7. The van der Waals surface area contributed by atoms with Gasteiger partial charge >= 0.3 is 5.97 Å². The van der Waals surface area contributed by atoms with Crippen LogP contribution in [0.4, 0.5) is 0 Å². The van der Waals surface area contributed by atoms with Gasteiger partial charge in [0.15, 0.2) is 6.29 Å². The molecule has 34 heavy (non-hydrogen) atoms. The van der Waals surface area contributed by atoms with Gasteiger partial charge in [-0.25, -0.2) is 0 Å². The van der Waals surface area contributed by atoms with Gasteiger partial charge < -0.3 is 19.4 Å². The largest absolute Gasteiger partial charge is 0.481 e. The molecule has 9 atom stereocenters. The SMILES string of the molecule is C=CCN1C[C@H](OCC23C[C@@H]4[C@H](C)CC[C@H]4C4(C=O)C[C@H]2C=C(C(C)C)[C@]43C(=O)O)O[C@H](C)C1. The van der Waals surface area contributed by atoms with Gasteiger partial charge in [-0.2, -0.15) is 0 Å². The average molecular weight is 472 g/mol. The molecule has 3 saturated carbocycles. The van der Waals surface area contributed by atoms with Crippen LogP contribution in [0.25, 0.3) is 0 Å². The molecular formula is C28H41NO5. The lowest BCUT2D eigenvalue weighted by Gasteiger charge is -2.58. The lowest BCUT2D eigenvalue weighted by Crippen LogP contribution is -2.64. The standard InChI is InChI=1S/C28H41NO5/c1-6-9-29-13-19(5)34-24(14-29)33-16-27-12-21-18(4)7-8-22(21)26(15-30)11-20(27)10-23(17(2)3)28(26,27)25(31)32/h6,10,15,17-22,24H,1,7-9,11-14,16H2,2-5H3,(H,31,32)/t18-,19-,20-,21-,22-,24-,26?,27?,28+/m1/s1. The number of carbonyl (C=O) groups excluding carboxylic acids is 1. The predicted molar refractivity (Wildman–Crippen MR) is 129 cm³/mol. The second kappa shape index (κ2) is 8.28. The first-order valence-electron chi connectivity index (χ1n) is 13.2. The van der Waals surface area contributed by atoms with Crippen molar-refractivity contribution in [1.82, 2.24) is 4.90 Å². The summed E-state index contributed by atoms with van der Waals surface area (Å²) in [6.07, 6.45) is 8.30. The summed E-state index contributed by atoms with van der Waals surface area (Å²) in [6.45, 7) is 14.9. The molecule has 5 rings (SSSR count). The molecule has 0 aromatic rings. The minimum atomic E-state index is -1.19. The Morgan fingerprint density at radius 2 is 2.09 bits per heavy atom. The number of allylic oxidation sites excluding steroid dienone is 1. The molecule has 4 aliphatic carbocycles. The summed E-state index contributed by atoms with van der Waals surface area (Å²) in [7, 11) is 0. The number of carboxylic acid groups (broad SMARTS) is 1. The first-order chi connectivity index (χ1) is 16.2. The molecule has 0 amide bonds. The van der Waals surface area contributed by atoms with Crippen LogP contribution in [0.1, 0.15) is 53.4 Å². The molecule has 5 aliphatic rings. The maximum absolute atomic E-state index is 13.5. The van der Waals surface area contributed by atoms with E-state index in [4.69, 9.17) is 9.47 Å². The maximum Gasteiger partial charge on any atom is 0.315 e. The van der Waals surface area contributed by atoms with Crippen molar-refractivity contribution in [2.45, 2.75) is 65.8 Å². The molecule has 0 aromatic carbocycles. The third kappa shape index (κ3) is 2.91. The quantitative estimate of drug-likeness (QED) is 0.423. The Labute approximate surface area is 203 Å². The van der Waals surface area contributed by atoms with Gasteiger partial charge in [0.2, 0.25) is 0 Å². The molecule has 1 N–H and O–H groups in total. The van der Waals surface area contributed by atoms with E-state index in [1.54, 1.807) is 0 Å². The van der Waals surface area contributed by atoms with Gasteiger partial charge in [-0.3, -0.25) is 9.69 Å². The lowest BCUT2D eigenvalue weighted by molar-refractivity contribution is -0.235. The maximum atomic E-state index is 13.5. The monoisotopic (exact) mass is 471 g/mol. The third-order valence-corrected chi connectivity index (χ3v) is 10.3. The van der Waals surface area contributed by atoms with E-state index in [9.17, 15) is 14.7 Å². The molecule has 2 unspecified atom stereocenters. The summed E-state index contributed by atoms with van der Waals surface area (Å²) >= 11 is 0.